The number of hydrazone groups is 1. The number of methoxy groups -OCH3 is 1. The van der Waals surface area contributed by atoms with Crippen LogP contribution in [0.5, 0.6) is 5.75 Å². The Balaban J connectivity index is 1.57. The Labute approximate surface area is 197 Å². The second kappa shape index (κ2) is 8.94. The van der Waals surface area contributed by atoms with E-state index in [0.717, 1.165) is 11.8 Å². The number of urea groups is 1. The molecular weight excluding hydrogens is 462 g/mol. The van der Waals surface area contributed by atoms with E-state index in [-0.39, 0.29) is 5.69 Å². The largest absolute Gasteiger partial charge is 0.497 e. The third-order valence-corrected chi connectivity index (χ3v) is 6.33. The highest BCUT2D eigenvalue weighted by molar-refractivity contribution is 7.99. The van der Waals surface area contributed by atoms with Gasteiger partial charge in [0.15, 0.2) is 5.16 Å². The van der Waals surface area contributed by atoms with Crippen LogP contribution in [-0.2, 0) is 17.4 Å². The summed E-state index contributed by atoms with van der Waals surface area (Å²) < 4.78 is 6.77. The van der Waals surface area contributed by atoms with Crippen LogP contribution in [0.1, 0.15) is 18.1 Å². The predicted molar refractivity (Wildman–Crippen MR) is 122 cm³/mol. The maximum atomic E-state index is 13.0. The van der Waals surface area contributed by atoms with Crippen molar-refractivity contribution in [2.45, 2.75) is 22.5 Å². The number of imide groups is 1. The van der Waals surface area contributed by atoms with Gasteiger partial charge < -0.3 is 14.6 Å². The lowest BCUT2D eigenvalue weighted by atomic mass is 9.92. The van der Waals surface area contributed by atoms with Crippen LogP contribution in [0.15, 0.2) is 63.9 Å². The van der Waals surface area contributed by atoms with Gasteiger partial charge in [0.2, 0.25) is 0 Å². The summed E-state index contributed by atoms with van der Waals surface area (Å²) in [6, 6.07) is 10.5. The van der Waals surface area contributed by atoms with Crippen molar-refractivity contribution in [3.63, 3.8) is 0 Å². The Bertz CT molecular complexity index is 1310. The quantitative estimate of drug-likeness (QED) is 0.235. The Morgan fingerprint density at radius 2 is 1.97 bits per heavy atom. The summed E-state index contributed by atoms with van der Waals surface area (Å²) in [5.41, 5.74) is -0.585. The number of amides is 3. The van der Waals surface area contributed by atoms with Gasteiger partial charge in [0, 0.05) is 18.7 Å². The average Bonchev–Trinajstić information content (AvgIpc) is 3.32. The fourth-order valence-electron chi connectivity index (χ4n) is 3.28. The number of aromatic nitrogens is 3. The predicted octanol–water partition coefficient (Wildman–Crippen LogP) is 2.68. The first-order valence-electron chi connectivity index (χ1n) is 9.88. The van der Waals surface area contributed by atoms with Crippen LogP contribution in [0.4, 0.5) is 10.5 Å². The fourth-order valence-corrected chi connectivity index (χ4v) is 4.13. The normalized spacial score (nSPS) is 17.9. The Kier molecular flexibility index (Phi) is 6.03. The van der Waals surface area contributed by atoms with Crippen molar-refractivity contribution in [3.8, 4) is 5.75 Å². The zero-order valence-electron chi connectivity index (χ0n) is 18.3. The maximum Gasteiger partial charge on any atom is 0.346 e. The number of carbonyl (C=O) groups excluding carboxylic acids is 2. The van der Waals surface area contributed by atoms with E-state index in [9.17, 15) is 19.7 Å². The van der Waals surface area contributed by atoms with Crippen LogP contribution < -0.4 is 10.1 Å². The van der Waals surface area contributed by atoms with Gasteiger partial charge in [0.1, 0.15) is 17.6 Å². The highest BCUT2D eigenvalue weighted by atomic mass is 32.2. The van der Waals surface area contributed by atoms with Crippen molar-refractivity contribution in [2.75, 3.05) is 7.11 Å². The molecule has 0 saturated carbocycles. The number of nitro groups is 1. The SMILES string of the molecule is COc1ccc([C@]2(C)NC(=O)N(/N=C\c3ccc(Sc4nncn4C)c([N+](=O)[O-])c3)C2=O)cc1. The summed E-state index contributed by atoms with van der Waals surface area (Å²) in [5, 5.41) is 27.1. The van der Waals surface area contributed by atoms with E-state index in [2.05, 4.69) is 20.6 Å². The monoisotopic (exact) mass is 481 g/mol. The molecule has 0 unspecified atom stereocenters. The van der Waals surface area contributed by atoms with Crippen molar-refractivity contribution < 1.29 is 19.2 Å². The fraction of sp³-hybridized carbons (Fsp3) is 0.190. The molecule has 1 fully saturated rings. The first kappa shape index (κ1) is 22.9. The van der Waals surface area contributed by atoms with E-state index in [0.29, 0.717) is 31.9 Å². The lowest BCUT2D eigenvalue weighted by Crippen LogP contribution is -2.40. The summed E-state index contributed by atoms with van der Waals surface area (Å²) in [6.07, 6.45) is 2.72. The highest BCUT2D eigenvalue weighted by Gasteiger charge is 2.49. The molecule has 0 radical (unpaired) electrons. The number of nitro benzene ring substituents is 1. The molecule has 0 spiro atoms. The molecule has 1 saturated heterocycles. The van der Waals surface area contributed by atoms with Gasteiger partial charge in [-0.2, -0.15) is 5.10 Å². The van der Waals surface area contributed by atoms with Crippen molar-refractivity contribution in [2.24, 2.45) is 12.1 Å². The van der Waals surface area contributed by atoms with Gasteiger partial charge in [-0.05, 0) is 42.4 Å². The lowest BCUT2D eigenvalue weighted by Gasteiger charge is -2.21. The number of nitrogens with zero attached hydrogens (tertiary/aromatic N) is 6. The molecular formula is C21H19N7O5S. The van der Waals surface area contributed by atoms with Gasteiger partial charge in [-0.3, -0.25) is 14.9 Å². The Hall–Kier alpha value is -4.26. The molecule has 13 heteroatoms. The molecule has 34 heavy (non-hydrogen) atoms. The third kappa shape index (κ3) is 4.20. The van der Waals surface area contributed by atoms with Crippen LogP contribution in [-0.4, -0.2) is 50.0 Å². The smallest absolute Gasteiger partial charge is 0.346 e. The molecule has 2 aromatic carbocycles. The van der Waals surface area contributed by atoms with Gasteiger partial charge in [0.05, 0.1) is 23.1 Å². The minimum absolute atomic E-state index is 0.169. The molecule has 1 aromatic heterocycles. The zero-order chi connectivity index (χ0) is 24.5. The topological polar surface area (TPSA) is 145 Å². The summed E-state index contributed by atoms with van der Waals surface area (Å²) in [5.74, 6) is 0.0317. The van der Waals surface area contributed by atoms with E-state index in [1.165, 1.54) is 25.7 Å². The van der Waals surface area contributed by atoms with Crippen molar-refractivity contribution >= 4 is 35.6 Å². The molecule has 3 aromatic rings. The van der Waals surface area contributed by atoms with Gasteiger partial charge in [-0.15, -0.1) is 15.2 Å². The first-order valence-corrected chi connectivity index (χ1v) is 10.7. The number of hydrogen-bond acceptors (Lipinski definition) is 9. The molecule has 12 nitrogen and oxygen atoms in total. The summed E-state index contributed by atoms with van der Waals surface area (Å²) >= 11 is 1.09. The minimum Gasteiger partial charge on any atom is -0.497 e. The van der Waals surface area contributed by atoms with Crippen molar-refractivity contribution in [3.05, 3.63) is 70.0 Å². The Morgan fingerprint density at radius 1 is 1.24 bits per heavy atom. The van der Waals surface area contributed by atoms with Crippen molar-refractivity contribution in [1.29, 1.82) is 0 Å². The molecule has 1 aliphatic rings. The van der Waals surface area contributed by atoms with E-state index in [4.69, 9.17) is 4.74 Å². The molecule has 2 heterocycles. The number of benzene rings is 2. The van der Waals surface area contributed by atoms with Gasteiger partial charge in [-0.1, -0.05) is 18.2 Å². The number of hydrogen-bond donors (Lipinski definition) is 1. The van der Waals surface area contributed by atoms with Crippen LogP contribution in [0.25, 0.3) is 0 Å². The summed E-state index contributed by atoms with van der Waals surface area (Å²) in [6.45, 7) is 1.58. The molecule has 0 bridgehead atoms. The summed E-state index contributed by atoms with van der Waals surface area (Å²) in [7, 11) is 3.26. The van der Waals surface area contributed by atoms with Crippen LogP contribution >= 0.6 is 11.8 Å². The van der Waals surface area contributed by atoms with E-state index >= 15 is 0 Å². The summed E-state index contributed by atoms with van der Waals surface area (Å²) in [4.78, 5) is 37.0. The first-order chi connectivity index (χ1) is 16.2. The molecule has 3 amide bonds. The third-order valence-electron chi connectivity index (χ3n) is 5.21. The number of nitrogens with one attached hydrogen (secondary N) is 1. The van der Waals surface area contributed by atoms with Gasteiger partial charge >= 0.3 is 6.03 Å². The van der Waals surface area contributed by atoms with E-state index in [1.807, 2.05) is 0 Å². The number of carbonyl (C=O) groups is 2. The molecule has 174 valence electrons. The number of rotatable bonds is 7. The van der Waals surface area contributed by atoms with Crippen LogP contribution in [0.3, 0.4) is 0 Å². The van der Waals surface area contributed by atoms with Crippen LogP contribution in [0.2, 0.25) is 0 Å². The standard InChI is InChI=1S/C21H19N7O5S/c1-21(14-5-7-15(33-3)8-6-14)18(29)27(19(30)24-21)23-11-13-4-9-17(16(10-13)28(31)32)34-20-25-22-12-26(20)2/h4-12H,1-3H3,(H,24,30)/b23-11-/t21-/m0/s1. The molecule has 1 atom stereocenters. The van der Waals surface area contributed by atoms with E-state index < -0.39 is 22.4 Å². The molecule has 4 rings (SSSR count). The molecule has 1 N–H and O–H groups in total. The van der Waals surface area contributed by atoms with Crippen LogP contribution in [0, 0.1) is 10.1 Å². The Morgan fingerprint density at radius 3 is 2.59 bits per heavy atom. The zero-order valence-corrected chi connectivity index (χ0v) is 19.1. The van der Waals surface area contributed by atoms with Gasteiger partial charge in [0.25, 0.3) is 11.6 Å². The number of aryl methyl sites for hydroxylation is 1. The second-order valence-corrected chi connectivity index (χ2v) is 8.47. The van der Waals surface area contributed by atoms with Gasteiger partial charge in [-0.25, -0.2) is 4.79 Å². The molecule has 1 aliphatic heterocycles. The lowest BCUT2D eigenvalue weighted by molar-refractivity contribution is -0.387. The second-order valence-electron chi connectivity index (χ2n) is 7.46. The highest BCUT2D eigenvalue weighted by Crippen LogP contribution is 2.34. The average molecular weight is 481 g/mol. The minimum atomic E-state index is -1.32. The van der Waals surface area contributed by atoms with E-state index in [1.54, 1.807) is 54.9 Å². The number of ether oxygens (including phenoxy) is 1. The molecule has 0 aliphatic carbocycles. The van der Waals surface area contributed by atoms with Crippen molar-refractivity contribution in [1.82, 2.24) is 25.1 Å². The maximum absolute atomic E-state index is 13.0.